The summed E-state index contributed by atoms with van der Waals surface area (Å²) >= 11 is 0. The van der Waals surface area contributed by atoms with Crippen molar-refractivity contribution in [2.45, 2.75) is 6.92 Å². The molecule has 1 fully saturated rings. The average molecular weight is 469 g/mol. The fourth-order valence-corrected chi connectivity index (χ4v) is 5.23. The smallest absolute Gasteiger partial charge is 0.167 e. The minimum atomic E-state index is -3.11. The molecule has 0 radical (unpaired) electrons. The molecule has 1 aliphatic rings. The lowest BCUT2D eigenvalue weighted by Crippen LogP contribution is -2.41. The van der Waals surface area contributed by atoms with Gasteiger partial charge in [0.2, 0.25) is 0 Å². The Bertz CT molecular complexity index is 1480. The van der Waals surface area contributed by atoms with Gasteiger partial charge in [-0.25, -0.2) is 17.8 Å². The number of halogens is 1. The molecule has 0 bridgehead atoms. The van der Waals surface area contributed by atoms with Crippen LogP contribution in [0.1, 0.15) is 17.3 Å². The van der Waals surface area contributed by atoms with Crippen molar-refractivity contribution in [1.29, 1.82) is 0 Å². The lowest BCUT2D eigenvalue weighted by molar-refractivity contribution is 0.101. The predicted octanol–water partition coefficient (Wildman–Crippen LogP) is 2.35. The number of nitrogen functional groups attached to an aromatic ring is 1. The van der Waals surface area contributed by atoms with Crippen LogP contribution < -0.4 is 10.6 Å². The van der Waals surface area contributed by atoms with E-state index in [2.05, 4.69) is 5.10 Å². The lowest BCUT2D eigenvalue weighted by atomic mass is 10.1. The van der Waals surface area contributed by atoms with E-state index in [0.29, 0.717) is 17.0 Å². The number of nitrogens with two attached hydrogens (primary N) is 1. The summed E-state index contributed by atoms with van der Waals surface area (Å²) in [6.07, 6.45) is 5.33. The van der Waals surface area contributed by atoms with Gasteiger partial charge in [0, 0.05) is 42.3 Å². The van der Waals surface area contributed by atoms with E-state index in [1.54, 1.807) is 23.2 Å². The molecular formula is C22H21FN6O3S. The summed E-state index contributed by atoms with van der Waals surface area (Å²) in [5.41, 5.74) is 9.31. The number of Topliss-reactive ketones (excluding diaryl/α,β-unsaturated/α-hetero) is 1. The number of carbonyl (C=O) groups excluding carboxylic acids is 1. The van der Waals surface area contributed by atoms with Crippen molar-refractivity contribution < 1.29 is 17.6 Å². The normalized spacial score (nSPS) is 15.8. The molecule has 1 aliphatic heterocycles. The highest BCUT2D eigenvalue weighted by atomic mass is 32.2. The first-order valence-electron chi connectivity index (χ1n) is 10.3. The van der Waals surface area contributed by atoms with Crippen LogP contribution in [0.25, 0.3) is 22.5 Å². The highest BCUT2D eigenvalue weighted by Gasteiger charge is 2.28. The molecule has 0 saturated carbocycles. The van der Waals surface area contributed by atoms with E-state index in [1.165, 1.54) is 23.6 Å². The van der Waals surface area contributed by atoms with Gasteiger partial charge >= 0.3 is 0 Å². The number of sulfone groups is 1. The second-order valence-electron chi connectivity index (χ2n) is 7.97. The van der Waals surface area contributed by atoms with Gasteiger partial charge < -0.3 is 15.2 Å². The Morgan fingerprint density at radius 2 is 1.82 bits per heavy atom. The molecule has 33 heavy (non-hydrogen) atoms. The third-order valence-electron chi connectivity index (χ3n) is 5.79. The third kappa shape index (κ3) is 3.74. The van der Waals surface area contributed by atoms with Gasteiger partial charge in [0.1, 0.15) is 23.0 Å². The van der Waals surface area contributed by atoms with E-state index in [9.17, 15) is 17.6 Å². The second kappa shape index (κ2) is 7.69. The zero-order valence-electron chi connectivity index (χ0n) is 17.8. The van der Waals surface area contributed by atoms with Gasteiger partial charge in [-0.1, -0.05) is 0 Å². The van der Waals surface area contributed by atoms with Crippen LogP contribution in [0.4, 0.5) is 16.0 Å². The Morgan fingerprint density at radius 1 is 1.12 bits per heavy atom. The van der Waals surface area contributed by atoms with Crippen molar-refractivity contribution in [2.24, 2.45) is 0 Å². The van der Waals surface area contributed by atoms with Gasteiger partial charge in [0.25, 0.3) is 0 Å². The highest BCUT2D eigenvalue weighted by Crippen LogP contribution is 2.32. The zero-order chi connectivity index (χ0) is 23.3. The minimum absolute atomic E-state index is 0.0102. The maximum Gasteiger partial charge on any atom is 0.167 e. The zero-order valence-corrected chi connectivity index (χ0v) is 18.6. The molecule has 4 aromatic rings. The maximum absolute atomic E-state index is 13.3. The van der Waals surface area contributed by atoms with Gasteiger partial charge in [-0.15, -0.1) is 0 Å². The summed E-state index contributed by atoms with van der Waals surface area (Å²) in [5.74, 6) is -0.0899. The van der Waals surface area contributed by atoms with Crippen molar-refractivity contribution in [1.82, 2.24) is 19.2 Å². The molecule has 0 spiro atoms. The Labute approximate surface area is 189 Å². The summed E-state index contributed by atoms with van der Waals surface area (Å²) in [7, 11) is -3.11. The van der Waals surface area contributed by atoms with E-state index >= 15 is 0 Å². The fourth-order valence-electron chi connectivity index (χ4n) is 4.03. The first kappa shape index (κ1) is 21.1. The summed E-state index contributed by atoms with van der Waals surface area (Å²) in [6.45, 7) is 1.86. The number of ketones is 1. The quantitative estimate of drug-likeness (QED) is 0.457. The Balaban J connectivity index is 1.61. The topological polar surface area (TPSA) is 116 Å². The number of rotatable bonds is 4. The molecule has 0 aliphatic carbocycles. The van der Waals surface area contributed by atoms with Gasteiger partial charge in [-0.2, -0.15) is 9.61 Å². The minimum Gasteiger partial charge on any atom is -0.383 e. The van der Waals surface area contributed by atoms with E-state index in [0.717, 1.165) is 11.3 Å². The van der Waals surface area contributed by atoms with Gasteiger partial charge in [-0.3, -0.25) is 4.79 Å². The van der Waals surface area contributed by atoms with Crippen LogP contribution >= 0.6 is 0 Å². The summed E-state index contributed by atoms with van der Waals surface area (Å²) < 4.78 is 40.3. The molecule has 4 heterocycles. The number of carbonyl (C=O) groups is 1. The number of hydrogen-bond donors (Lipinski definition) is 1. The van der Waals surface area contributed by atoms with E-state index in [4.69, 9.17) is 10.7 Å². The lowest BCUT2D eigenvalue weighted by Gasteiger charge is -2.29. The van der Waals surface area contributed by atoms with Crippen LogP contribution in [-0.4, -0.2) is 58.0 Å². The number of nitrogens with zero attached hydrogens (tertiary/aromatic N) is 5. The third-order valence-corrected chi connectivity index (χ3v) is 7.40. The number of anilines is 2. The summed E-state index contributed by atoms with van der Waals surface area (Å²) in [5, 5.41) is 4.34. The van der Waals surface area contributed by atoms with Crippen LogP contribution in [0.3, 0.4) is 0 Å². The Kier molecular flexibility index (Phi) is 4.93. The van der Waals surface area contributed by atoms with E-state index in [-0.39, 0.29) is 47.6 Å². The van der Waals surface area contributed by atoms with Crippen LogP contribution in [0.2, 0.25) is 0 Å². The van der Waals surface area contributed by atoms with Crippen LogP contribution in [0, 0.1) is 5.82 Å². The van der Waals surface area contributed by atoms with Gasteiger partial charge in [0.05, 0.1) is 17.7 Å². The van der Waals surface area contributed by atoms with E-state index in [1.807, 2.05) is 23.0 Å². The number of benzene rings is 1. The van der Waals surface area contributed by atoms with Crippen molar-refractivity contribution in [3.63, 3.8) is 0 Å². The fraction of sp³-hybridized carbons (Fsp3) is 0.227. The molecule has 11 heteroatoms. The molecule has 5 rings (SSSR count). The SMILES string of the molecule is CC(=O)c1c(N2CCS(=O)(=O)CC2)nc2c(-c3ccn(-c4ccc(F)cc4)c3)cnn2c1N. The predicted molar refractivity (Wildman–Crippen MR) is 123 cm³/mol. The average Bonchev–Trinajstić information content (AvgIpc) is 3.41. The first-order valence-corrected chi connectivity index (χ1v) is 12.1. The number of aromatic nitrogens is 4. The summed E-state index contributed by atoms with van der Waals surface area (Å²) in [4.78, 5) is 18.9. The van der Waals surface area contributed by atoms with Crippen LogP contribution in [-0.2, 0) is 9.84 Å². The van der Waals surface area contributed by atoms with Gasteiger partial charge in [-0.05, 0) is 37.3 Å². The molecule has 1 aromatic carbocycles. The Morgan fingerprint density at radius 3 is 2.48 bits per heavy atom. The van der Waals surface area contributed by atoms with Crippen LogP contribution in [0.5, 0.6) is 0 Å². The molecule has 2 N–H and O–H groups in total. The largest absolute Gasteiger partial charge is 0.383 e. The van der Waals surface area contributed by atoms with Crippen molar-refractivity contribution >= 4 is 32.9 Å². The number of fused-ring (bicyclic) bond motifs is 1. The second-order valence-corrected chi connectivity index (χ2v) is 10.3. The molecule has 0 atom stereocenters. The molecule has 1 saturated heterocycles. The monoisotopic (exact) mass is 468 g/mol. The van der Waals surface area contributed by atoms with Crippen molar-refractivity contribution in [3.8, 4) is 16.8 Å². The summed E-state index contributed by atoms with van der Waals surface area (Å²) in [6, 6.07) is 8.01. The van der Waals surface area contributed by atoms with Gasteiger partial charge in [0.15, 0.2) is 21.3 Å². The van der Waals surface area contributed by atoms with Crippen molar-refractivity contribution in [3.05, 3.63) is 60.3 Å². The molecule has 9 nitrogen and oxygen atoms in total. The molecule has 0 amide bonds. The molecular weight excluding hydrogens is 447 g/mol. The standard InChI is InChI=1S/C22H21FN6O3S/c1-14(30)19-20(24)29-21(26-22(19)27-8-10-33(31,32)11-9-27)18(12-25-29)15-6-7-28(13-15)17-4-2-16(23)3-5-17/h2-7,12-13H,8-11,24H2,1H3. The molecule has 0 unspecified atom stereocenters. The Hall–Kier alpha value is -3.73. The van der Waals surface area contributed by atoms with E-state index < -0.39 is 9.84 Å². The molecule has 3 aromatic heterocycles. The van der Waals surface area contributed by atoms with Crippen molar-refractivity contribution in [2.75, 3.05) is 35.2 Å². The maximum atomic E-state index is 13.3. The first-order chi connectivity index (χ1) is 15.7. The molecule has 170 valence electrons. The highest BCUT2D eigenvalue weighted by molar-refractivity contribution is 7.91. The van der Waals surface area contributed by atoms with Crippen LogP contribution in [0.15, 0.2) is 48.9 Å². The number of hydrogen-bond acceptors (Lipinski definition) is 7.